The lowest BCUT2D eigenvalue weighted by atomic mass is 10.0. The van der Waals surface area contributed by atoms with Crippen LogP contribution in [0, 0.1) is 6.92 Å². The van der Waals surface area contributed by atoms with Gasteiger partial charge in [-0.1, -0.05) is 59.5 Å². The molecule has 0 radical (unpaired) electrons. The van der Waals surface area contributed by atoms with E-state index in [4.69, 9.17) is 9.72 Å². The van der Waals surface area contributed by atoms with Crippen molar-refractivity contribution in [2.24, 2.45) is 10.2 Å². The Hall–Kier alpha value is -4.04. The molecular formula is C31H29BrN4O3. The third-order valence-electron chi connectivity index (χ3n) is 6.78. The van der Waals surface area contributed by atoms with Crippen LogP contribution in [-0.4, -0.2) is 27.7 Å². The number of fused-ring (bicyclic) bond motifs is 2. The smallest absolute Gasteiger partial charge is 0.296 e. The van der Waals surface area contributed by atoms with Crippen molar-refractivity contribution >= 4 is 49.3 Å². The maximum atomic E-state index is 13.6. The van der Waals surface area contributed by atoms with Gasteiger partial charge in [0.2, 0.25) is 5.88 Å². The van der Waals surface area contributed by atoms with Crippen LogP contribution < -0.4 is 4.74 Å². The van der Waals surface area contributed by atoms with Crippen molar-refractivity contribution in [3.8, 4) is 22.9 Å². The number of unbranched alkanes of at least 4 members (excludes halogenated alkanes) is 2. The third kappa shape index (κ3) is 5.43. The Morgan fingerprint density at radius 2 is 1.82 bits per heavy atom. The second-order valence-electron chi connectivity index (χ2n) is 9.50. The molecule has 0 aliphatic carbocycles. The molecule has 5 aromatic rings. The summed E-state index contributed by atoms with van der Waals surface area (Å²) in [5.41, 5.74) is 4.69. The Labute approximate surface area is 235 Å². The highest BCUT2D eigenvalue weighted by Gasteiger charge is 2.19. The average molecular weight is 586 g/mol. The Morgan fingerprint density at radius 1 is 1.03 bits per heavy atom. The number of rotatable bonds is 8. The lowest BCUT2D eigenvalue weighted by Crippen LogP contribution is -1.99. The van der Waals surface area contributed by atoms with Gasteiger partial charge < -0.3 is 14.4 Å². The molecule has 39 heavy (non-hydrogen) atoms. The number of azo groups is 1. The summed E-state index contributed by atoms with van der Waals surface area (Å²) in [4.78, 5) is 18.4. The average Bonchev–Trinajstić information content (AvgIpc) is 3.20. The molecule has 1 N–H and O–H groups in total. The molecule has 0 spiro atoms. The fraction of sp³-hybridized carbons (Fsp3) is 0.226. The minimum Gasteiger partial charge on any atom is -0.497 e. The van der Waals surface area contributed by atoms with Crippen LogP contribution in [0.1, 0.15) is 42.1 Å². The number of aryl methyl sites for hydroxylation is 2. The number of amides is 1. The van der Waals surface area contributed by atoms with E-state index in [0.717, 1.165) is 45.8 Å². The van der Waals surface area contributed by atoms with Gasteiger partial charge in [0, 0.05) is 27.4 Å². The summed E-state index contributed by atoms with van der Waals surface area (Å²) in [7, 11) is 1.58. The minimum absolute atomic E-state index is 0.0139. The lowest BCUT2D eigenvalue weighted by molar-refractivity contribution is 0.0996. The van der Waals surface area contributed by atoms with E-state index >= 15 is 0 Å². The molecule has 0 saturated carbocycles. The van der Waals surface area contributed by atoms with Gasteiger partial charge in [0.15, 0.2) is 5.69 Å². The number of hydrogen-bond donors (Lipinski definition) is 1. The molecule has 2 heterocycles. The van der Waals surface area contributed by atoms with E-state index in [2.05, 4.69) is 33.1 Å². The maximum absolute atomic E-state index is 13.6. The number of nitrogens with zero attached hydrogens (tertiary/aromatic N) is 4. The molecule has 2 aromatic heterocycles. The van der Waals surface area contributed by atoms with Crippen LogP contribution in [0.4, 0.5) is 5.69 Å². The van der Waals surface area contributed by atoms with E-state index in [0.29, 0.717) is 40.1 Å². The van der Waals surface area contributed by atoms with Gasteiger partial charge >= 0.3 is 0 Å². The minimum atomic E-state index is -0.534. The maximum Gasteiger partial charge on any atom is 0.296 e. The quantitative estimate of drug-likeness (QED) is 0.146. The van der Waals surface area contributed by atoms with Gasteiger partial charge in [0.05, 0.1) is 29.4 Å². The van der Waals surface area contributed by atoms with Crippen LogP contribution in [0.15, 0.2) is 81.4 Å². The zero-order valence-electron chi connectivity index (χ0n) is 22.1. The predicted molar refractivity (Wildman–Crippen MR) is 158 cm³/mol. The first-order valence-corrected chi connectivity index (χ1v) is 13.7. The molecule has 0 unspecified atom stereocenters. The highest BCUT2D eigenvalue weighted by molar-refractivity contribution is 9.10. The van der Waals surface area contributed by atoms with Crippen molar-refractivity contribution in [2.75, 3.05) is 7.11 Å². The fourth-order valence-corrected chi connectivity index (χ4v) is 4.97. The van der Waals surface area contributed by atoms with Gasteiger partial charge in [-0.15, -0.1) is 10.2 Å². The van der Waals surface area contributed by atoms with Gasteiger partial charge in [-0.2, -0.15) is 0 Å². The summed E-state index contributed by atoms with van der Waals surface area (Å²) in [5, 5.41) is 20.9. The molecule has 0 aliphatic rings. The van der Waals surface area contributed by atoms with E-state index in [-0.39, 0.29) is 5.88 Å². The van der Waals surface area contributed by atoms with Gasteiger partial charge in [-0.3, -0.25) is 4.79 Å². The number of carbonyl (C=O) groups excluding carboxylic acids is 1. The highest BCUT2D eigenvalue weighted by Crippen LogP contribution is 2.40. The number of aromatic hydroxyl groups is 1. The van der Waals surface area contributed by atoms with Crippen molar-refractivity contribution in [3.63, 3.8) is 0 Å². The second-order valence-corrected chi connectivity index (χ2v) is 10.4. The molecular weight excluding hydrogens is 556 g/mol. The number of methoxy groups -OCH3 is 1. The lowest BCUT2D eigenvalue weighted by Gasteiger charge is -2.09. The summed E-state index contributed by atoms with van der Waals surface area (Å²) < 4.78 is 8.20. The molecule has 8 heteroatoms. The number of halogens is 1. The summed E-state index contributed by atoms with van der Waals surface area (Å²) in [6.45, 7) is 4.79. The zero-order chi connectivity index (χ0) is 27.5. The van der Waals surface area contributed by atoms with Gasteiger partial charge in [0.1, 0.15) is 5.75 Å². The van der Waals surface area contributed by atoms with Crippen molar-refractivity contribution in [3.05, 3.63) is 82.3 Å². The van der Waals surface area contributed by atoms with Gasteiger partial charge in [0.25, 0.3) is 5.91 Å². The summed E-state index contributed by atoms with van der Waals surface area (Å²) >= 11 is 3.46. The van der Waals surface area contributed by atoms with E-state index in [1.807, 2.05) is 66.1 Å². The number of carbonyl (C=O) groups is 1. The first-order chi connectivity index (χ1) is 18.9. The van der Waals surface area contributed by atoms with E-state index < -0.39 is 5.91 Å². The van der Waals surface area contributed by atoms with E-state index in [1.54, 1.807) is 19.2 Å². The summed E-state index contributed by atoms with van der Waals surface area (Å²) in [5.74, 6) is 0.0861. The first kappa shape index (κ1) is 26.6. The number of benzene rings is 3. The normalized spacial score (nSPS) is 11.6. The van der Waals surface area contributed by atoms with Crippen molar-refractivity contribution in [2.45, 2.75) is 39.7 Å². The van der Waals surface area contributed by atoms with Crippen molar-refractivity contribution in [1.82, 2.24) is 9.55 Å². The molecule has 0 saturated heterocycles. The van der Waals surface area contributed by atoms with Crippen molar-refractivity contribution < 1.29 is 14.6 Å². The first-order valence-electron chi connectivity index (χ1n) is 12.9. The molecule has 198 valence electrons. The van der Waals surface area contributed by atoms with Gasteiger partial charge in [-0.25, -0.2) is 4.98 Å². The van der Waals surface area contributed by atoms with Crippen LogP contribution in [0.2, 0.25) is 0 Å². The molecule has 1 amide bonds. The number of hydrogen-bond acceptors (Lipinski definition) is 5. The molecule has 0 bridgehead atoms. The Morgan fingerprint density at radius 3 is 2.56 bits per heavy atom. The zero-order valence-corrected chi connectivity index (χ0v) is 23.7. The highest BCUT2D eigenvalue weighted by atomic mass is 79.9. The van der Waals surface area contributed by atoms with Crippen LogP contribution in [0.25, 0.3) is 33.1 Å². The third-order valence-corrected chi connectivity index (χ3v) is 7.31. The largest absolute Gasteiger partial charge is 0.497 e. The molecule has 3 aromatic carbocycles. The second kappa shape index (κ2) is 11.4. The predicted octanol–water partition coefficient (Wildman–Crippen LogP) is 8.76. The fourth-order valence-electron chi connectivity index (χ4n) is 4.71. The number of ether oxygens (including phenoxy) is 1. The van der Waals surface area contributed by atoms with Crippen LogP contribution >= 0.6 is 15.9 Å². The monoisotopic (exact) mass is 584 g/mol. The summed E-state index contributed by atoms with van der Waals surface area (Å²) in [6.07, 6.45) is 3.06. The van der Waals surface area contributed by atoms with Gasteiger partial charge in [-0.05, 0) is 61.9 Å². The number of aromatic nitrogens is 2. The topological polar surface area (TPSA) is 89.1 Å². The van der Waals surface area contributed by atoms with Crippen LogP contribution in [0.5, 0.6) is 11.6 Å². The van der Waals surface area contributed by atoms with E-state index in [1.165, 1.54) is 0 Å². The standard InChI is InChI=1S/C31H29BrN4O3/c1-4-5-6-15-36-28-14-7-19(2)16-25(28)29(31(36)38)34-35-30(37)24-18-27(20-8-10-21(32)11-9-20)33-26-13-12-22(39-3)17-23(24)26/h7-14,16-18,38H,4-6,15H2,1-3H3. The van der Waals surface area contributed by atoms with E-state index in [9.17, 15) is 9.90 Å². The summed E-state index contributed by atoms with van der Waals surface area (Å²) in [6, 6.07) is 20.8. The molecule has 0 aliphatic heterocycles. The Balaban J connectivity index is 1.60. The van der Waals surface area contributed by atoms with Crippen LogP contribution in [-0.2, 0) is 6.54 Å². The van der Waals surface area contributed by atoms with Crippen molar-refractivity contribution in [1.29, 1.82) is 0 Å². The molecule has 5 rings (SSSR count). The molecule has 7 nitrogen and oxygen atoms in total. The SMILES string of the molecule is CCCCCn1c(O)c(N=NC(=O)c2cc(-c3ccc(Br)cc3)nc3ccc(OC)cc23)c2cc(C)ccc21. The Bertz CT molecular complexity index is 1710. The molecule has 0 fully saturated rings. The Kier molecular flexibility index (Phi) is 7.74. The van der Waals surface area contributed by atoms with Crippen LogP contribution in [0.3, 0.4) is 0 Å². The number of pyridine rings is 1. The molecule has 0 atom stereocenters.